The van der Waals surface area contributed by atoms with Gasteiger partial charge in [0.2, 0.25) is 0 Å². The summed E-state index contributed by atoms with van der Waals surface area (Å²) in [7, 11) is 0. The highest BCUT2D eigenvalue weighted by Crippen LogP contribution is 2.48. The van der Waals surface area contributed by atoms with Crippen LogP contribution in [-0.2, 0) is 0 Å². The van der Waals surface area contributed by atoms with Crippen LogP contribution in [0.2, 0.25) is 0 Å². The predicted molar refractivity (Wildman–Crippen MR) is 49.0 cm³/mol. The van der Waals surface area contributed by atoms with Crippen molar-refractivity contribution in [3.63, 3.8) is 0 Å². The highest BCUT2D eigenvalue weighted by atomic mass is 35.5. The van der Waals surface area contributed by atoms with Gasteiger partial charge in [0.25, 0.3) is 0 Å². The van der Waals surface area contributed by atoms with E-state index in [0.29, 0.717) is 5.92 Å². The van der Waals surface area contributed by atoms with Crippen LogP contribution in [0.3, 0.4) is 0 Å². The molecular formula is C9H12Cl2. The van der Waals surface area contributed by atoms with Crippen LogP contribution in [0.5, 0.6) is 0 Å². The third-order valence-corrected chi connectivity index (χ3v) is 4.34. The van der Waals surface area contributed by atoms with E-state index in [1.54, 1.807) is 0 Å². The van der Waals surface area contributed by atoms with E-state index in [0.717, 1.165) is 11.0 Å². The Morgan fingerprint density at radius 3 is 2.82 bits per heavy atom. The van der Waals surface area contributed by atoms with Crippen LogP contribution < -0.4 is 0 Å². The van der Waals surface area contributed by atoms with Gasteiger partial charge in [-0.3, -0.25) is 0 Å². The van der Waals surface area contributed by atoms with E-state index in [9.17, 15) is 0 Å². The molecule has 2 heteroatoms. The van der Waals surface area contributed by atoms with E-state index in [4.69, 9.17) is 23.2 Å². The summed E-state index contributed by atoms with van der Waals surface area (Å²) in [6, 6.07) is 0. The second kappa shape index (κ2) is 2.67. The number of alkyl halides is 1. The van der Waals surface area contributed by atoms with Crippen LogP contribution in [0.1, 0.15) is 26.2 Å². The normalized spacial score (nSPS) is 43.4. The molecule has 3 unspecified atom stereocenters. The summed E-state index contributed by atoms with van der Waals surface area (Å²) in [6.07, 6.45) is 3.85. The molecule has 0 saturated heterocycles. The lowest BCUT2D eigenvalue weighted by Crippen LogP contribution is -2.18. The Morgan fingerprint density at radius 2 is 2.09 bits per heavy atom. The molecule has 0 aromatic carbocycles. The van der Waals surface area contributed by atoms with Crippen LogP contribution in [0, 0.1) is 11.8 Å². The maximum absolute atomic E-state index is 6.16. The van der Waals surface area contributed by atoms with E-state index in [-0.39, 0.29) is 5.38 Å². The van der Waals surface area contributed by atoms with Gasteiger partial charge in [-0.05, 0) is 38.0 Å². The van der Waals surface area contributed by atoms with Gasteiger partial charge in [0, 0.05) is 5.03 Å². The molecule has 2 aliphatic rings. The van der Waals surface area contributed by atoms with Crippen molar-refractivity contribution >= 4 is 23.2 Å². The van der Waals surface area contributed by atoms with Crippen LogP contribution in [0.25, 0.3) is 0 Å². The van der Waals surface area contributed by atoms with Crippen molar-refractivity contribution in [2.45, 2.75) is 31.6 Å². The molecule has 0 heterocycles. The fraction of sp³-hybridized carbons (Fsp3) is 0.778. The van der Waals surface area contributed by atoms with Gasteiger partial charge in [-0.15, -0.1) is 11.6 Å². The molecule has 0 radical (unpaired) electrons. The van der Waals surface area contributed by atoms with Crippen LogP contribution in [0.4, 0.5) is 0 Å². The summed E-state index contributed by atoms with van der Waals surface area (Å²) >= 11 is 12.3. The number of allylic oxidation sites excluding steroid dienone is 2. The van der Waals surface area contributed by atoms with Crippen molar-refractivity contribution in [1.82, 2.24) is 0 Å². The maximum atomic E-state index is 6.16. The zero-order valence-corrected chi connectivity index (χ0v) is 8.12. The number of hydrogen-bond donors (Lipinski definition) is 0. The van der Waals surface area contributed by atoms with Crippen molar-refractivity contribution in [3.8, 4) is 0 Å². The van der Waals surface area contributed by atoms with Gasteiger partial charge < -0.3 is 0 Å². The van der Waals surface area contributed by atoms with Crippen LogP contribution >= 0.6 is 23.2 Å². The number of halogens is 2. The van der Waals surface area contributed by atoms with E-state index in [2.05, 4.69) is 6.92 Å². The average molecular weight is 191 g/mol. The molecule has 2 bridgehead atoms. The molecule has 0 aromatic rings. The largest absolute Gasteiger partial charge is 0.117 e. The number of hydrogen-bond acceptors (Lipinski definition) is 0. The Hall–Kier alpha value is 0.320. The average Bonchev–Trinajstić information content (AvgIpc) is 2.44. The van der Waals surface area contributed by atoms with Gasteiger partial charge >= 0.3 is 0 Å². The van der Waals surface area contributed by atoms with Gasteiger partial charge in [0.15, 0.2) is 0 Å². The smallest absolute Gasteiger partial charge is 0.0720 e. The Bertz CT molecular complexity index is 204. The quantitative estimate of drug-likeness (QED) is 0.513. The highest BCUT2D eigenvalue weighted by Gasteiger charge is 2.38. The Balaban J connectivity index is 2.34. The number of fused-ring (bicyclic) bond motifs is 2. The van der Waals surface area contributed by atoms with Gasteiger partial charge in [-0.1, -0.05) is 17.2 Å². The van der Waals surface area contributed by atoms with Gasteiger partial charge in [-0.2, -0.15) is 0 Å². The summed E-state index contributed by atoms with van der Waals surface area (Å²) in [5.41, 5.74) is 1.35. The fourth-order valence-electron chi connectivity index (χ4n) is 2.29. The molecule has 1 saturated carbocycles. The minimum absolute atomic E-state index is 0.121. The standard InChI is InChI=1S/C9H12Cl2/c1-5-6-2-3-7(4-6)9(11)8(5)10/h6-7,9H,2-4H2,1H3. The lowest BCUT2D eigenvalue weighted by Gasteiger charge is -2.25. The first-order valence-corrected chi connectivity index (χ1v) is 5.02. The molecule has 0 aromatic heterocycles. The van der Waals surface area contributed by atoms with Crippen molar-refractivity contribution in [3.05, 3.63) is 10.6 Å². The Labute approximate surface area is 77.6 Å². The molecule has 0 aliphatic heterocycles. The first-order valence-electron chi connectivity index (χ1n) is 4.20. The summed E-state index contributed by atoms with van der Waals surface area (Å²) in [4.78, 5) is 0. The molecular weight excluding hydrogens is 179 g/mol. The molecule has 11 heavy (non-hydrogen) atoms. The molecule has 0 amide bonds. The van der Waals surface area contributed by atoms with E-state index < -0.39 is 0 Å². The molecule has 3 atom stereocenters. The van der Waals surface area contributed by atoms with Crippen molar-refractivity contribution in [2.24, 2.45) is 11.8 Å². The Morgan fingerprint density at radius 1 is 1.36 bits per heavy atom. The first-order chi connectivity index (χ1) is 5.20. The molecule has 0 spiro atoms. The molecule has 2 rings (SSSR count). The fourth-order valence-corrected chi connectivity index (χ4v) is 3.03. The lowest BCUT2D eigenvalue weighted by atomic mass is 9.89. The van der Waals surface area contributed by atoms with E-state index in [1.807, 2.05) is 0 Å². The SMILES string of the molecule is CC1=C(Cl)C(Cl)C2CCC1C2. The second-order valence-electron chi connectivity index (χ2n) is 3.70. The zero-order valence-electron chi connectivity index (χ0n) is 6.61. The van der Waals surface area contributed by atoms with Gasteiger partial charge in [-0.25, -0.2) is 0 Å². The predicted octanol–water partition coefficient (Wildman–Crippen LogP) is 3.54. The summed E-state index contributed by atoms with van der Waals surface area (Å²) in [5.74, 6) is 1.42. The van der Waals surface area contributed by atoms with Crippen LogP contribution in [0.15, 0.2) is 10.6 Å². The highest BCUT2D eigenvalue weighted by molar-refractivity contribution is 6.38. The summed E-state index contributed by atoms with van der Waals surface area (Å²) in [5, 5.41) is 1.06. The molecule has 1 fully saturated rings. The zero-order chi connectivity index (χ0) is 8.01. The van der Waals surface area contributed by atoms with E-state index in [1.165, 1.54) is 24.8 Å². The minimum Gasteiger partial charge on any atom is -0.117 e. The molecule has 0 nitrogen and oxygen atoms in total. The third kappa shape index (κ3) is 1.11. The van der Waals surface area contributed by atoms with Gasteiger partial charge in [0.05, 0.1) is 5.38 Å². The minimum atomic E-state index is 0.121. The van der Waals surface area contributed by atoms with Crippen molar-refractivity contribution < 1.29 is 0 Å². The van der Waals surface area contributed by atoms with Crippen molar-refractivity contribution in [2.75, 3.05) is 0 Å². The lowest BCUT2D eigenvalue weighted by molar-refractivity contribution is 0.503. The van der Waals surface area contributed by atoms with Crippen molar-refractivity contribution in [1.29, 1.82) is 0 Å². The number of rotatable bonds is 0. The molecule has 0 N–H and O–H groups in total. The van der Waals surface area contributed by atoms with Gasteiger partial charge in [0.1, 0.15) is 0 Å². The van der Waals surface area contributed by atoms with E-state index >= 15 is 0 Å². The summed E-state index contributed by atoms with van der Waals surface area (Å²) < 4.78 is 0. The molecule has 2 aliphatic carbocycles. The summed E-state index contributed by atoms with van der Waals surface area (Å²) in [6.45, 7) is 2.13. The first kappa shape index (κ1) is 7.94. The third-order valence-electron chi connectivity index (χ3n) is 3.12. The van der Waals surface area contributed by atoms with Crippen LogP contribution in [-0.4, -0.2) is 5.38 Å². The Kier molecular flexibility index (Phi) is 1.93. The topological polar surface area (TPSA) is 0 Å². The maximum Gasteiger partial charge on any atom is 0.0720 e. The molecule has 62 valence electrons. The second-order valence-corrected chi connectivity index (χ2v) is 4.58. The monoisotopic (exact) mass is 190 g/mol.